The van der Waals surface area contributed by atoms with Crippen LogP contribution in [0.1, 0.15) is 10.7 Å². The Bertz CT molecular complexity index is 388. The van der Waals surface area contributed by atoms with Gasteiger partial charge in [0.25, 0.3) is 0 Å². The summed E-state index contributed by atoms with van der Waals surface area (Å²) in [5.74, 6) is 0.126. The Morgan fingerprint density at radius 3 is 2.71 bits per heavy atom. The second-order valence-corrected chi connectivity index (χ2v) is 5.48. The van der Waals surface area contributed by atoms with Crippen LogP contribution in [0.3, 0.4) is 0 Å². The van der Waals surface area contributed by atoms with Gasteiger partial charge in [-0.1, -0.05) is 0 Å². The minimum absolute atomic E-state index is 0.0378. The van der Waals surface area contributed by atoms with Gasteiger partial charge in [0.15, 0.2) is 0 Å². The van der Waals surface area contributed by atoms with Gasteiger partial charge in [0.2, 0.25) is 5.91 Å². The Morgan fingerprint density at radius 1 is 1.47 bits per heavy atom. The summed E-state index contributed by atoms with van der Waals surface area (Å²) >= 11 is 7.22. The lowest BCUT2D eigenvalue weighted by molar-refractivity contribution is -0.130. The van der Waals surface area contributed by atoms with Gasteiger partial charge in [-0.3, -0.25) is 9.69 Å². The first kappa shape index (κ1) is 12.8. The number of thiazole rings is 1. The number of rotatable bonds is 3. The van der Waals surface area contributed by atoms with Crippen molar-refractivity contribution in [3.8, 4) is 0 Å². The molecule has 0 spiro atoms. The van der Waals surface area contributed by atoms with Crippen LogP contribution >= 0.6 is 22.9 Å². The van der Waals surface area contributed by atoms with Gasteiger partial charge in [-0.25, -0.2) is 4.98 Å². The molecule has 1 aliphatic heterocycles. The molecule has 0 bridgehead atoms. The Balaban J connectivity index is 1.81. The summed E-state index contributed by atoms with van der Waals surface area (Å²) in [4.78, 5) is 20.0. The molecule has 0 atom stereocenters. The molecule has 17 heavy (non-hydrogen) atoms. The third-order valence-corrected chi connectivity index (χ3v) is 3.94. The lowest BCUT2D eigenvalue weighted by Crippen LogP contribution is -2.48. The van der Waals surface area contributed by atoms with Crippen molar-refractivity contribution in [1.29, 1.82) is 0 Å². The molecule has 1 aliphatic rings. The van der Waals surface area contributed by atoms with Crippen molar-refractivity contribution >= 4 is 28.8 Å². The number of piperazine rings is 1. The number of amides is 1. The Morgan fingerprint density at radius 2 is 2.18 bits per heavy atom. The summed E-state index contributed by atoms with van der Waals surface area (Å²) in [5.41, 5.74) is 1.13. The zero-order valence-electron chi connectivity index (χ0n) is 9.86. The van der Waals surface area contributed by atoms with Crippen LogP contribution in [0.15, 0.2) is 5.38 Å². The number of aryl methyl sites for hydroxylation is 1. The van der Waals surface area contributed by atoms with Crippen LogP contribution in [-0.2, 0) is 11.3 Å². The van der Waals surface area contributed by atoms with Crippen molar-refractivity contribution < 1.29 is 4.79 Å². The van der Waals surface area contributed by atoms with Crippen molar-refractivity contribution in [2.24, 2.45) is 0 Å². The van der Waals surface area contributed by atoms with Crippen LogP contribution in [0, 0.1) is 6.92 Å². The molecule has 0 N–H and O–H groups in total. The van der Waals surface area contributed by atoms with E-state index in [0.29, 0.717) is 0 Å². The predicted molar refractivity (Wildman–Crippen MR) is 69.4 cm³/mol. The fourth-order valence-electron chi connectivity index (χ4n) is 1.95. The van der Waals surface area contributed by atoms with Gasteiger partial charge in [0.1, 0.15) is 5.88 Å². The van der Waals surface area contributed by atoms with Crippen LogP contribution < -0.4 is 0 Å². The molecule has 0 radical (unpaired) electrons. The van der Waals surface area contributed by atoms with Crippen molar-refractivity contribution in [3.05, 3.63) is 16.1 Å². The predicted octanol–water partition coefficient (Wildman–Crippen LogP) is 1.33. The number of hydrogen-bond acceptors (Lipinski definition) is 4. The van der Waals surface area contributed by atoms with Crippen molar-refractivity contribution in [2.45, 2.75) is 13.5 Å². The monoisotopic (exact) mass is 273 g/mol. The number of carbonyl (C=O) groups excluding carboxylic acids is 1. The van der Waals surface area contributed by atoms with E-state index >= 15 is 0 Å². The number of halogens is 1. The van der Waals surface area contributed by atoms with Gasteiger partial charge < -0.3 is 4.90 Å². The average Bonchev–Trinajstić information content (AvgIpc) is 2.75. The zero-order chi connectivity index (χ0) is 12.3. The van der Waals surface area contributed by atoms with Gasteiger partial charge in [0, 0.05) is 38.1 Å². The summed E-state index contributed by atoms with van der Waals surface area (Å²) in [6, 6.07) is 0. The first-order chi connectivity index (χ1) is 8.19. The number of nitrogens with zero attached hydrogens (tertiary/aromatic N) is 3. The number of carbonyl (C=O) groups is 1. The van der Waals surface area contributed by atoms with E-state index in [1.54, 1.807) is 11.3 Å². The molecular formula is C11H16ClN3OS. The highest BCUT2D eigenvalue weighted by atomic mass is 35.5. The van der Waals surface area contributed by atoms with Gasteiger partial charge >= 0.3 is 0 Å². The molecule has 2 heterocycles. The lowest BCUT2D eigenvalue weighted by Gasteiger charge is -2.34. The Labute approximate surface area is 110 Å². The molecule has 94 valence electrons. The molecular weight excluding hydrogens is 258 g/mol. The molecule has 0 unspecified atom stereocenters. The van der Waals surface area contributed by atoms with Crippen molar-refractivity contribution in [3.63, 3.8) is 0 Å². The highest BCUT2D eigenvalue weighted by Gasteiger charge is 2.20. The molecule has 1 saturated heterocycles. The fraction of sp³-hybridized carbons (Fsp3) is 0.636. The zero-order valence-corrected chi connectivity index (χ0v) is 11.4. The number of hydrogen-bond donors (Lipinski definition) is 0. The largest absolute Gasteiger partial charge is 0.339 e. The Kier molecular flexibility index (Phi) is 4.36. The van der Waals surface area contributed by atoms with Gasteiger partial charge in [0.05, 0.1) is 10.7 Å². The van der Waals surface area contributed by atoms with E-state index < -0.39 is 0 Å². The van der Waals surface area contributed by atoms with E-state index in [2.05, 4.69) is 15.3 Å². The van der Waals surface area contributed by atoms with Crippen LogP contribution in [-0.4, -0.2) is 52.8 Å². The third-order valence-electron chi connectivity index (χ3n) is 2.89. The molecule has 0 aliphatic carbocycles. The summed E-state index contributed by atoms with van der Waals surface area (Å²) < 4.78 is 0. The number of alkyl halides is 1. The number of aromatic nitrogens is 1. The third kappa shape index (κ3) is 3.40. The molecule has 1 aromatic rings. The quantitative estimate of drug-likeness (QED) is 0.780. The van der Waals surface area contributed by atoms with Crippen LogP contribution in [0.25, 0.3) is 0 Å². The molecule has 0 saturated carbocycles. The van der Waals surface area contributed by atoms with Crippen molar-refractivity contribution in [2.75, 3.05) is 32.1 Å². The molecule has 0 aromatic carbocycles. The van der Waals surface area contributed by atoms with Crippen molar-refractivity contribution in [1.82, 2.24) is 14.8 Å². The van der Waals surface area contributed by atoms with E-state index in [4.69, 9.17) is 11.6 Å². The standard InChI is InChI=1S/C11H16ClN3OS/c1-9-13-10(8-17-9)7-14-2-4-15(5-3-14)11(16)6-12/h8H,2-7H2,1H3. The van der Waals surface area contributed by atoms with E-state index in [-0.39, 0.29) is 11.8 Å². The minimum Gasteiger partial charge on any atom is -0.339 e. The average molecular weight is 274 g/mol. The highest BCUT2D eigenvalue weighted by Crippen LogP contribution is 2.12. The maximum atomic E-state index is 11.4. The summed E-state index contributed by atoms with van der Waals surface area (Å²) in [6.07, 6.45) is 0. The topological polar surface area (TPSA) is 36.4 Å². The normalized spacial score (nSPS) is 17.4. The van der Waals surface area contributed by atoms with Gasteiger partial charge in [-0.2, -0.15) is 0 Å². The lowest BCUT2D eigenvalue weighted by atomic mass is 10.3. The van der Waals surface area contributed by atoms with Gasteiger partial charge in [-0.15, -0.1) is 22.9 Å². The highest BCUT2D eigenvalue weighted by molar-refractivity contribution is 7.09. The summed E-state index contributed by atoms with van der Waals surface area (Å²) in [6.45, 7) is 6.25. The first-order valence-corrected chi connectivity index (χ1v) is 7.07. The molecule has 1 amide bonds. The SMILES string of the molecule is Cc1nc(CN2CCN(C(=O)CCl)CC2)cs1. The molecule has 2 rings (SSSR count). The van der Waals surface area contributed by atoms with E-state index in [1.807, 2.05) is 11.8 Å². The summed E-state index contributed by atoms with van der Waals surface area (Å²) in [5, 5.41) is 3.21. The van der Waals surface area contributed by atoms with E-state index in [0.717, 1.165) is 43.4 Å². The molecule has 1 aromatic heterocycles. The van der Waals surface area contributed by atoms with Crippen LogP contribution in [0.5, 0.6) is 0 Å². The smallest absolute Gasteiger partial charge is 0.237 e. The minimum atomic E-state index is 0.0378. The molecule has 1 fully saturated rings. The second-order valence-electron chi connectivity index (χ2n) is 4.15. The first-order valence-electron chi connectivity index (χ1n) is 5.66. The summed E-state index contributed by atoms with van der Waals surface area (Å²) in [7, 11) is 0. The van der Waals surface area contributed by atoms with Crippen LogP contribution in [0.2, 0.25) is 0 Å². The maximum Gasteiger partial charge on any atom is 0.237 e. The maximum absolute atomic E-state index is 11.4. The molecule has 6 heteroatoms. The van der Waals surface area contributed by atoms with E-state index in [1.165, 1.54) is 0 Å². The fourth-order valence-corrected chi connectivity index (χ4v) is 2.72. The molecule has 4 nitrogen and oxygen atoms in total. The Hall–Kier alpha value is -0.650. The van der Waals surface area contributed by atoms with Gasteiger partial charge in [-0.05, 0) is 6.92 Å². The second kappa shape index (κ2) is 5.80. The van der Waals surface area contributed by atoms with E-state index in [9.17, 15) is 4.79 Å². The van der Waals surface area contributed by atoms with Crippen LogP contribution in [0.4, 0.5) is 0 Å².